The summed E-state index contributed by atoms with van der Waals surface area (Å²) in [4.78, 5) is 5.41. The fraction of sp³-hybridized carbons (Fsp3) is 0.143. The summed E-state index contributed by atoms with van der Waals surface area (Å²) in [5, 5.41) is 5.99. The van der Waals surface area contributed by atoms with Crippen LogP contribution in [0.15, 0.2) is 46.3 Å². The maximum absolute atomic E-state index is 5.31. The van der Waals surface area contributed by atoms with E-state index in [2.05, 4.69) is 10.1 Å². The van der Waals surface area contributed by atoms with Crippen molar-refractivity contribution in [2.75, 3.05) is 7.11 Å². The van der Waals surface area contributed by atoms with Crippen LogP contribution in [-0.4, -0.2) is 17.3 Å². The summed E-state index contributed by atoms with van der Waals surface area (Å²) in [6.07, 6.45) is 0.572. The molecule has 2 heterocycles. The van der Waals surface area contributed by atoms with Crippen LogP contribution in [0, 0.1) is 0 Å². The molecular formula is C14H12N2O2S. The number of para-hydroxylation sites is 1. The highest BCUT2D eigenvalue weighted by atomic mass is 32.1. The molecule has 4 nitrogen and oxygen atoms in total. The van der Waals surface area contributed by atoms with Crippen molar-refractivity contribution in [2.45, 2.75) is 6.42 Å². The summed E-state index contributed by atoms with van der Waals surface area (Å²) in [5.41, 5.74) is 1.03. The number of methoxy groups -OCH3 is 1. The number of thiophene rings is 1. The summed E-state index contributed by atoms with van der Waals surface area (Å²) in [6.45, 7) is 0. The fourth-order valence-electron chi connectivity index (χ4n) is 1.84. The predicted octanol–water partition coefficient (Wildman–Crippen LogP) is 3.40. The number of hydrogen-bond acceptors (Lipinski definition) is 5. The van der Waals surface area contributed by atoms with E-state index in [4.69, 9.17) is 9.26 Å². The van der Waals surface area contributed by atoms with Crippen LogP contribution in [-0.2, 0) is 6.42 Å². The second-order valence-electron chi connectivity index (χ2n) is 3.98. The third-order valence-electron chi connectivity index (χ3n) is 2.74. The summed E-state index contributed by atoms with van der Waals surface area (Å²) in [7, 11) is 1.66. The van der Waals surface area contributed by atoms with Gasteiger partial charge in [-0.1, -0.05) is 29.4 Å². The van der Waals surface area contributed by atoms with Gasteiger partial charge in [0.15, 0.2) is 0 Å². The molecule has 0 aliphatic carbocycles. The Bertz CT molecular complexity index is 662. The van der Waals surface area contributed by atoms with E-state index >= 15 is 0 Å². The Morgan fingerprint density at radius 2 is 2.11 bits per heavy atom. The van der Waals surface area contributed by atoms with Crippen LogP contribution < -0.4 is 4.74 Å². The van der Waals surface area contributed by atoms with Gasteiger partial charge in [0, 0.05) is 5.56 Å². The number of ether oxygens (including phenoxy) is 1. The first-order valence-corrected chi connectivity index (χ1v) is 6.73. The highest BCUT2D eigenvalue weighted by Crippen LogP contribution is 2.24. The lowest BCUT2D eigenvalue weighted by atomic mass is 10.1. The zero-order valence-electron chi connectivity index (χ0n) is 10.4. The largest absolute Gasteiger partial charge is 0.496 e. The standard InChI is InChI=1S/C14H12N2O2S/c1-17-11-6-3-2-5-10(11)9-13-15-14(16-18-13)12-7-4-8-19-12/h2-8H,9H2,1H3. The molecule has 0 bridgehead atoms. The smallest absolute Gasteiger partial charge is 0.231 e. The molecule has 3 aromatic rings. The first-order valence-electron chi connectivity index (χ1n) is 5.85. The number of nitrogens with zero attached hydrogens (tertiary/aromatic N) is 2. The lowest BCUT2D eigenvalue weighted by Gasteiger charge is -2.04. The Labute approximate surface area is 114 Å². The molecular weight excluding hydrogens is 260 g/mol. The van der Waals surface area contributed by atoms with E-state index in [9.17, 15) is 0 Å². The van der Waals surface area contributed by atoms with Gasteiger partial charge in [-0.25, -0.2) is 0 Å². The molecule has 0 radical (unpaired) electrons. The number of hydrogen-bond donors (Lipinski definition) is 0. The van der Waals surface area contributed by atoms with Gasteiger partial charge < -0.3 is 9.26 Å². The molecule has 0 amide bonds. The SMILES string of the molecule is COc1ccccc1Cc1nc(-c2cccs2)no1. The number of aromatic nitrogens is 2. The van der Waals surface area contributed by atoms with Crippen LogP contribution in [0.4, 0.5) is 0 Å². The summed E-state index contributed by atoms with van der Waals surface area (Å²) in [6, 6.07) is 11.8. The van der Waals surface area contributed by atoms with Crippen LogP contribution in [0.2, 0.25) is 0 Å². The molecule has 0 saturated carbocycles. The predicted molar refractivity (Wildman–Crippen MR) is 73.4 cm³/mol. The van der Waals surface area contributed by atoms with E-state index in [1.807, 2.05) is 41.8 Å². The van der Waals surface area contributed by atoms with Crippen molar-refractivity contribution in [2.24, 2.45) is 0 Å². The molecule has 5 heteroatoms. The van der Waals surface area contributed by atoms with Crippen molar-refractivity contribution in [1.29, 1.82) is 0 Å². The first-order chi connectivity index (χ1) is 9.36. The molecule has 19 heavy (non-hydrogen) atoms. The van der Waals surface area contributed by atoms with Gasteiger partial charge >= 0.3 is 0 Å². The van der Waals surface area contributed by atoms with Crippen molar-refractivity contribution >= 4 is 11.3 Å². The topological polar surface area (TPSA) is 48.2 Å². The molecule has 0 N–H and O–H groups in total. The highest BCUT2D eigenvalue weighted by molar-refractivity contribution is 7.13. The third kappa shape index (κ3) is 2.51. The van der Waals surface area contributed by atoms with Gasteiger partial charge in [0.05, 0.1) is 18.4 Å². The normalized spacial score (nSPS) is 10.6. The molecule has 3 rings (SSSR count). The molecule has 1 aromatic carbocycles. The van der Waals surface area contributed by atoms with Crippen LogP contribution in [0.25, 0.3) is 10.7 Å². The van der Waals surface area contributed by atoms with Gasteiger partial charge in [-0.05, 0) is 17.5 Å². The van der Waals surface area contributed by atoms with Crippen LogP contribution >= 0.6 is 11.3 Å². The first kappa shape index (κ1) is 11.9. The molecule has 2 aromatic heterocycles. The molecule has 0 saturated heterocycles. The van der Waals surface area contributed by atoms with Crippen LogP contribution in [0.3, 0.4) is 0 Å². The molecule has 0 aliphatic heterocycles. The Morgan fingerprint density at radius 3 is 2.89 bits per heavy atom. The van der Waals surface area contributed by atoms with Crippen LogP contribution in [0.5, 0.6) is 5.75 Å². The van der Waals surface area contributed by atoms with Crippen molar-refractivity contribution in [1.82, 2.24) is 10.1 Å². The maximum atomic E-state index is 5.31. The quantitative estimate of drug-likeness (QED) is 0.730. The molecule has 0 atom stereocenters. The Morgan fingerprint density at radius 1 is 1.21 bits per heavy atom. The Kier molecular flexibility index (Phi) is 3.29. The Hall–Kier alpha value is -2.14. The molecule has 0 fully saturated rings. The van der Waals surface area contributed by atoms with Crippen molar-refractivity contribution < 1.29 is 9.26 Å². The zero-order chi connectivity index (χ0) is 13.1. The third-order valence-corrected chi connectivity index (χ3v) is 3.61. The monoisotopic (exact) mass is 272 g/mol. The molecule has 0 spiro atoms. The lowest BCUT2D eigenvalue weighted by Crippen LogP contribution is -1.93. The average molecular weight is 272 g/mol. The fourth-order valence-corrected chi connectivity index (χ4v) is 2.49. The average Bonchev–Trinajstić information content (AvgIpc) is 3.09. The second kappa shape index (κ2) is 5.24. The van der Waals surface area contributed by atoms with Gasteiger partial charge in [0.1, 0.15) is 5.75 Å². The van der Waals surface area contributed by atoms with E-state index in [-0.39, 0.29) is 0 Å². The van der Waals surface area contributed by atoms with Crippen LogP contribution in [0.1, 0.15) is 11.5 Å². The molecule has 0 aliphatic rings. The summed E-state index contributed by atoms with van der Waals surface area (Å²) >= 11 is 1.59. The van der Waals surface area contributed by atoms with E-state index in [1.54, 1.807) is 18.4 Å². The number of benzene rings is 1. The highest BCUT2D eigenvalue weighted by Gasteiger charge is 2.11. The van der Waals surface area contributed by atoms with Crippen molar-refractivity contribution in [3.05, 3.63) is 53.2 Å². The minimum atomic E-state index is 0.572. The van der Waals surface area contributed by atoms with E-state index < -0.39 is 0 Å². The number of rotatable bonds is 4. The van der Waals surface area contributed by atoms with E-state index in [0.29, 0.717) is 18.1 Å². The van der Waals surface area contributed by atoms with E-state index in [0.717, 1.165) is 16.2 Å². The molecule has 0 unspecified atom stereocenters. The minimum Gasteiger partial charge on any atom is -0.496 e. The van der Waals surface area contributed by atoms with Gasteiger partial charge in [-0.15, -0.1) is 11.3 Å². The van der Waals surface area contributed by atoms with Crippen molar-refractivity contribution in [3.63, 3.8) is 0 Å². The minimum absolute atomic E-state index is 0.572. The summed E-state index contributed by atoms with van der Waals surface area (Å²) < 4.78 is 10.6. The zero-order valence-corrected chi connectivity index (χ0v) is 11.2. The maximum Gasteiger partial charge on any atom is 0.231 e. The van der Waals surface area contributed by atoms with E-state index in [1.165, 1.54) is 0 Å². The van der Waals surface area contributed by atoms with Gasteiger partial charge in [0.25, 0.3) is 0 Å². The lowest BCUT2D eigenvalue weighted by molar-refractivity contribution is 0.379. The summed E-state index contributed by atoms with van der Waals surface area (Å²) in [5.74, 6) is 2.06. The second-order valence-corrected chi connectivity index (χ2v) is 4.93. The van der Waals surface area contributed by atoms with Gasteiger partial charge in [0.2, 0.25) is 11.7 Å². The molecule has 96 valence electrons. The Balaban J connectivity index is 1.84. The van der Waals surface area contributed by atoms with Gasteiger partial charge in [-0.3, -0.25) is 0 Å². The van der Waals surface area contributed by atoms with Gasteiger partial charge in [-0.2, -0.15) is 4.98 Å². The van der Waals surface area contributed by atoms with Crippen molar-refractivity contribution in [3.8, 4) is 16.5 Å².